The number of alkyl halides is 6. The Bertz CT molecular complexity index is 1410. The van der Waals surface area contributed by atoms with Gasteiger partial charge < -0.3 is 19.1 Å². The number of amides is 1. The molecule has 0 saturated carbocycles. The monoisotopic (exact) mass is 601 g/mol. The summed E-state index contributed by atoms with van der Waals surface area (Å²) in [6.07, 6.45) is -8.75. The number of anilines is 1. The predicted octanol–water partition coefficient (Wildman–Crippen LogP) is 6.87. The number of methoxy groups -OCH3 is 1. The van der Waals surface area contributed by atoms with Crippen LogP contribution in [-0.4, -0.2) is 37.2 Å². The second-order valence-electron chi connectivity index (χ2n) is 9.90. The van der Waals surface area contributed by atoms with Crippen molar-refractivity contribution < 1.29 is 54.9 Å². The van der Waals surface area contributed by atoms with Crippen molar-refractivity contribution in [3.05, 3.63) is 63.7 Å². The highest BCUT2D eigenvalue weighted by atomic mass is 19.4. The number of hydrogen-bond acceptors (Lipinski definition) is 6. The van der Waals surface area contributed by atoms with Crippen LogP contribution in [0.1, 0.15) is 66.2 Å². The van der Waals surface area contributed by atoms with Crippen molar-refractivity contribution in [2.24, 2.45) is 0 Å². The summed E-state index contributed by atoms with van der Waals surface area (Å²) in [5, 5.41) is 0. The Hall–Kier alpha value is -4.03. The minimum Gasteiger partial charge on any atom is -0.496 e. The van der Waals surface area contributed by atoms with Gasteiger partial charge in [0.05, 0.1) is 23.9 Å². The highest BCUT2D eigenvalue weighted by Gasteiger charge is 2.47. The fourth-order valence-electron chi connectivity index (χ4n) is 4.67. The third-order valence-electron chi connectivity index (χ3n) is 6.66. The molecule has 2 aromatic rings. The van der Waals surface area contributed by atoms with E-state index < -0.39 is 47.6 Å². The summed E-state index contributed by atoms with van der Waals surface area (Å²) in [6.45, 7) is 5.76. The second-order valence-corrected chi connectivity index (χ2v) is 9.90. The number of cyclic esters (lactones) is 1. The van der Waals surface area contributed by atoms with Crippen LogP contribution < -0.4 is 14.4 Å². The van der Waals surface area contributed by atoms with Crippen molar-refractivity contribution in [1.82, 2.24) is 0 Å². The van der Waals surface area contributed by atoms with Crippen LogP contribution in [0.25, 0.3) is 0 Å². The van der Waals surface area contributed by atoms with Crippen LogP contribution in [0.2, 0.25) is 0 Å². The number of rotatable bonds is 9. The molecule has 0 N–H and O–H groups in total. The Morgan fingerprint density at radius 1 is 1.10 bits per heavy atom. The van der Waals surface area contributed by atoms with Gasteiger partial charge in [-0.25, -0.2) is 4.79 Å². The molecule has 0 spiro atoms. The Morgan fingerprint density at radius 2 is 1.74 bits per heavy atom. The van der Waals surface area contributed by atoms with Gasteiger partial charge in [0.15, 0.2) is 0 Å². The van der Waals surface area contributed by atoms with Crippen LogP contribution in [0.5, 0.6) is 11.5 Å². The predicted molar refractivity (Wildman–Crippen MR) is 139 cm³/mol. The topological polar surface area (TPSA) is 82.1 Å². The first-order valence-corrected chi connectivity index (χ1v) is 12.8. The van der Waals surface area contributed by atoms with E-state index in [9.17, 15) is 40.7 Å². The molecule has 0 aromatic heterocycles. The maximum absolute atomic E-state index is 13.7. The van der Waals surface area contributed by atoms with E-state index in [0.717, 1.165) is 12.1 Å². The van der Waals surface area contributed by atoms with Crippen molar-refractivity contribution >= 4 is 23.5 Å². The molecule has 228 valence electrons. The Morgan fingerprint density at radius 3 is 2.31 bits per heavy atom. The van der Waals surface area contributed by atoms with E-state index in [0.29, 0.717) is 21.6 Å². The molecule has 0 radical (unpaired) electrons. The SMILES string of the molecule is COc1c(C)c2c(c(N(C(=O)C(F)(F)F)C(C)C)c1C/C=C(\C)CCC(=O)Oc1ccccc1C(F)(F)F)C(=O)OC2. The fourth-order valence-corrected chi connectivity index (χ4v) is 4.67. The lowest BCUT2D eigenvalue weighted by molar-refractivity contribution is -0.170. The van der Waals surface area contributed by atoms with E-state index >= 15 is 0 Å². The Kier molecular flexibility index (Phi) is 9.63. The van der Waals surface area contributed by atoms with Gasteiger partial charge in [-0.05, 0) is 58.2 Å². The lowest BCUT2D eigenvalue weighted by Gasteiger charge is -2.32. The number of nitrogens with zero attached hydrogens (tertiary/aromatic N) is 1. The summed E-state index contributed by atoms with van der Waals surface area (Å²) in [5.74, 6) is -4.44. The third kappa shape index (κ3) is 6.88. The van der Waals surface area contributed by atoms with Crippen LogP contribution >= 0.6 is 0 Å². The van der Waals surface area contributed by atoms with E-state index in [1.165, 1.54) is 33.1 Å². The highest BCUT2D eigenvalue weighted by Crippen LogP contribution is 2.45. The van der Waals surface area contributed by atoms with Crippen molar-refractivity contribution in [2.45, 2.75) is 72.0 Å². The molecule has 0 atom stereocenters. The lowest BCUT2D eigenvalue weighted by atomic mass is 9.92. The van der Waals surface area contributed by atoms with Gasteiger partial charge in [0.25, 0.3) is 0 Å². The zero-order chi connectivity index (χ0) is 31.6. The molecule has 0 saturated heterocycles. The summed E-state index contributed by atoms with van der Waals surface area (Å²) in [6, 6.07) is 3.27. The molecule has 0 bridgehead atoms. The van der Waals surface area contributed by atoms with Crippen LogP contribution in [0, 0.1) is 6.92 Å². The fraction of sp³-hybridized carbons (Fsp3) is 0.414. The molecular weight excluding hydrogens is 572 g/mol. The molecule has 3 rings (SSSR count). The lowest BCUT2D eigenvalue weighted by Crippen LogP contribution is -2.46. The number of benzene rings is 2. The highest BCUT2D eigenvalue weighted by molar-refractivity contribution is 6.08. The molecular formula is C29H29F6NO6. The quantitative estimate of drug-likeness (QED) is 0.135. The number of allylic oxidation sites excluding steroid dienone is 2. The van der Waals surface area contributed by atoms with E-state index in [1.54, 1.807) is 19.9 Å². The van der Waals surface area contributed by atoms with Gasteiger partial charge in [0, 0.05) is 23.6 Å². The van der Waals surface area contributed by atoms with Gasteiger partial charge >= 0.3 is 30.2 Å². The molecule has 2 aromatic carbocycles. The summed E-state index contributed by atoms with van der Waals surface area (Å²) in [7, 11) is 1.30. The van der Waals surface area contributed by atoms with Crippen molar-refractivity contribution in [3.8, 4) is 11.5 Å². The maximum Gasteiger partial charge on any atom is 0.471 e. The van der Waals surface area contributed by atoms with Gasteiger partial charge in [0.1, 0.15) is 18.1 Å². The van der Waals surface area contributed by atoms with Crippen molar-refractivity contribution in [2.75, 3.05) is 12.0 Å². The minimum absolute atomic E-state index is 0.0476. The van der Waals surface area contributed by atoms with Crippen LogP contribution in [0.3, 0.4) is 0 Å². The molecule has 7 nitrogen and oxygen atoms in total. The second kappa shape index (κ2) is 12.5. The van der Waals surface area contributed by atoms with Crippen molar-refractivity contribution in [3.63, 3.8) is 0 Å². The number of para-hydroxylation sites is 1. The molecule has 0 fully saturated rings. The standard InChI is InChI=1S/C29H29F6NO6/c1-15(2)36(27(39)29(33,34)35)24-18(25(40-5)17(4)19-14-41-26(38)23(19)24)12-10-16(3)11-13-22(37)42-21-9-7-6-8-20(21)28(30,31)32/h6-10,15H,11-14H2,1-5H3/b16-10+. The molecule has 13 heteroatoms. The molecule has 1 aliphatic heterocycles. The van der Waals surface area contributed by atoms with E-state index in [4.69, 9.17) is 14.2 Å². The molecule has 0 unspecified atom stereocenters. The Labute approximate surface area is 238 Å². The van der Waals surface area contributed by atoms with Gasteiger partial charge in [-0.3, -0.25) is 9.59 Å². The average Bonchev–Trinajstić information content (AvgIpc) is 3.28. The Balaban J connectivity index is 1.95. The molecule has 1 amide bonds. The van der Waals surface area contributed by atoms with E-state index in [1.807, 2.05) is 0 Å². The first-order valence-electron chi connectivity index (χ1n) is 12.8. The van der Waals surface area contributed by atoms with Crippen molar-refractivity contribution in [1.29, 1.82) is 0 Å². The smallest absolute Gasteiger partial charge is 0.471 e. The number of esters is 2. The first-order chi connectivity index (χ1) is 19.5. The third-order valence-corrected chi connectivity index (χ3v) is 6.66. The van der Waals surface area contributed by atoms with E-state index in [2.05, 4.69) is 0 Å². The van der Waals surface area contributed by atoms with Gasteiger partial charge in [-0.1, -0.05) is 23.8 Å². The summed E-state index contributed by atoms with van der Waals surface area (Å²) < 4.78 is 96.2. The van der Waals surface area contributed by atoms with Crippen LogP contribution in [0.4, 0.5) is 32.0 Å². The molecule has 0 aliphatic carbocycles. The van der Waals surface area contributed by atoms with Gasteiger partial charge in [-0.2, -0.15) is 26.3 Å². The number of ether oxygens (including phenoxy) is 3. The van der Waals surface area contributed by atoms with E-state index in [-0.39, 0.29) is 48.4 Å². The van der Waals surface area contributed by atoms with Gasteiger partial charge in [0.2, 0.25) is 0 Å². The summed E-state index contributed by atoms with van der Waals surface area (Å²) in [4.78, 5) is 38.1. The summed E-state index contributed by atoms with van der Waals surface area (Å²) >= 11 is 0. The maximum atomic E-state index is 13.7. The molecule has 1 aliphatic rings. The number of carbonyl (C=O) groups excluding carboxylic acids is 3. The zero-order valence-electron chi connectivity index (χ0n) is 23.5. The van der Waals surface area contributed by atoms with Crippen LogP contribution in [0.15, 0.2) is 35.9 Å². The minimum atomic E-state index is -5.24. The van der Waals surface area contributed by atoms with Gasteiger partial charge in [-0.15, -0.1) is 0 Å². The number of carbonyl (C=O) groups is 3. The molecule has 42 heavy (non-hydrogen) atoms. The molecule has 1 heterocycles. The average molecular weight is 602 g/mol. The summed E-state index contributed by atoms with van der Waals surface area (Å²) in [5.41, 5.74) is -0.106. The number of hydrogen-bond donors (Lipinski definition) is 0. The first kappa shape index (κ1) is 32.5. The zero-order valence-corrected chi connectivity index (χ0v) is 23.5. The largest absolute Gasteiger partial charge is 0.496 e. The number of fused-ring (bicyclic) bond motifs is 1. The number of halogens is 6. The normalized spacial score (nSPS) is 13.6. The van der Waals surface area contributed by atoms with Crippen LogP contribution in [-0.2, 0) is 33.5 Å².